The summed E-state index contributed by atoms with van der Waals surface area (Å²) in [5.74, 6) is 0.252. The van der Waals surface area contributed by atoms with Crippen LogP contribution in [0, 0.1) is 0 Å². The van der Waals surface area contributed by atoms with Crippen molar-refractivity contribution in [3.8, 4) is 5.75 Å². The van der Waals surface area contributed by atoms with Gasteiger partial charge >= 0.3 is 0 Å². The zero-order valence-electron chi connectivity index (χ0n) is 11.6. The first-order chi connectivity index (χ1) is 9.56. The van der Waals surface area contributed by atoms with Gasteiger partial charge in [0.2, 0.25) is 5.91 Å². The summed E-state index contributed by atoms with van der Waals surface area (Å²) >= 11 is 0. The Kier molecular flexibility index (Phi) is 4.40. The number of hydrogen-bond donors (Lipinski definition) is 1. The van der Waals surface area contributed by atoms with Crippen molar-refractivity contribution in [1.29, 1.82) is 0 Å². The zero-order valence-corrected chi connectivity index (χ0v) is 11.6. The molecular weight excluding hydrogens is 256 g/mol. The molecule has 20 heavy (non-hydrogen) atoms. The summed E-state index contributed by atoms with van der Waals surface area (Å²) < 4.78 is 4.72. The molecule has 1 aromatic carbocycles. The highest BCUT2D eigenvalue weighted by atomic mass is 16.5. The number of hydrogen-bond acceptors (Lipinski definition) is 4. The van der Waals surface area contributed by atoms with Crippen molar-refractivity contribution in [2.45, 2.75) is 25.8 Å². The van der Waals surface area contributed by atoms with E-state index in [4.69, 9.17) is 4.52 Å². The summed E-state index contributed by atoms with van der Waals surface area (Å²) in [5, 5.41) is 13.0. The van der Waals surface area contributed by atoms with Crippen LogP contribution in [0.1, 0.15) is 18.2 Å². The highest BCUT2D eigenvalue weighted by Gasteiger charge is 2.17. The van der Waals surface area contributed by atoms with Gasteiger partial charge < -0.3 is 14.5 Å². The fourth-order valence-electron chi connectivity index (χ4n) is 1.96. The number of benzene rings is 1. The second-order valence-electron chi connectivity index (χ2n) is 4.89. The van der Waals surface area contributed by atoms with Gasteiger partial charge in [-0.15, -0.1) is 0 Å². The lowest BCUT2D eigenvalue weighted by molar-refractivity contribution is -0.131. The number of nitrogens with zero attached hydrogens (tertiary/aromatic N) is 2. The number of carbonyl (C=O) groups is 1. The summed E-state index contributed by atoms with van der Waals surface area (Å²) in [6.07, 6.45) is 2.44. The normalized spacial score (nSPS) is 12.1. The molecule has 0 aliphatic heterocycles. The maximum absolute atomic E-state index is 12.1. The molecule has 0 spiro atoms. The molecule has 1 amide bonds. The minimum Gasteiger partial charge on any atom is -0.508 e. The van der Waals surface area contributed by atoms with Crippen molar-refractivity contribution in [2.24, 2.45) is 0 Å². The Hall–Kier alpha value is -2.30. The van der Waals surface area contributed by atoms with Crippen molar-refractivity contribution in [3.63, 3.8) is 0 Å². The lowest BCUT2D eigenvalue weighted by atomic mass is 10.1. The van der Waals surface area contributed by atoms with Gasteiger partial charge in [-0.25, -0.2) is 0 Å². The third-order valence-corrected chi connectivity index (χ3v) is 3.35. The van der Waals surface area contributed by atoms with Crippen LogP contribution in [0.15, 0.2) is 41.1 Å². The number of aromatic nitrogens is 1. The molecule has 0 radical (unpaired) electrons. The summed E-state index contributed by atoms with van der Waals surface area (Å²) in [6.45, 7) is 1.99. The number of aromatic hydroxyl groups is 1. The Bertz CT molecular complexity index is 549. The molecule has 5 nitrogen and oxygen atoms in total. The molecule has 0 fully saturated rings. The molecule has 0 bridgehead atoms. The highest BCUT2D eigenvalue weighted by molar-refractivity contribution is 5.78. The van der Waals surface area contributed by atoms with Gasteiger partial charge in [-0.05, 0) is 31.0 Å². The van der Waals surface area contributed by atoms with E-state index in [9.17, 15) is 9.90 Å². The van der Waals surface area contributed by atoms with Crippen molar-refractivity contribution in [3.05, 3.63) is 47.9 Å². The third-order valence-electron chi connectivity index (χ3n) is 3.35. The van der Waals surface area contributed by atoms with Crippen LogP contribution < -0.4 is 0 Å². The van der Waals surface area contributed by atoms with Crippen LogP contribution in [-0.2, 0) is 17.6 Å². The van der Waals surface area contributed by atoms with Crippen molar-refractivity contribution >= 4 is 5.91 Å². The van der Waals surface area contributed by atoms with Gasteiger partial charge in [0, 0.05) is 19.2 Å². The Labute approximate surface area is 117 Å². The van der Waals surface area contributed by atoms with Gasteiger partial charge in [0.15, 0.2) is 0 Å². The molecule has 1 aromatic heterocycles. The van der Waals surface area contributed by atoms with Gasteiger partial charge in [-0.2, -0.15) is 0 Å². The molecule has 0 aliphatic rings. The summed E-state index contributed by atoms with van der Waals surface area (Å²) in [7, 11) is 1.79. The molecular formula is C15H18N2O3. The van der Waals surface area contributed by atoms with Gasteiger partial charge in [0.25, 0.3) is 0 Å². The molecule has 2 aromatic rings. The van der Waals surface area contributed by atoms with E-state index in [1.54, 1.807) is 30.1 Å². The molecule has 106 valence electrons. The van der Waals surface area contributed by atoms with Gasteiger partial charge in [-0.1, -0.05) is 17.3 Å². The lowest BCUT2D eigenvalue weighted by Gasteiger charge is -2.25. The van der Waals surface area contributed by atoms with Crippen LogP contribution in [0.4, 0.5) is 0 Å². The Morgan fingerprint density at radius 2 is 2.05 bits per heavy atom. The van der Waals surface area contributed by atoms with Crippen LogP contribution >= 0.6 is 0 Å². The van der Waals surface area contributed by atoms with Gasteiger partial charge in [-0.3, -0.25) is 4.79 Å². The topological polar surface area (TPSA) is 66.6 Å². The molecule has 1 N–H and O–H groups in total. The van der Waals surface area contributed by atoms with Crippen LogP contribution in [-0.4, -0.2) is 34.2 Å². The van der Waals surface area contributed by atoms with E-state index in [1.807, 2.05) is 19.1 Å². The van der Waals surface area contributed by atoms with Crippen LogP contribution in [0.2, 0.25) is 0 Å². The lowest BCUT2D eigenvalue weighted by Crippen LogP contribution is -2.37. The van der Waals surface area contributed by atoms with Crippen molar-refractivity contribution in [2.75, 3.05) is 7.05 Å². The third kappa shape index (κ3) is 3.60. The van der Waals surface area contributed by atoms with E-state index >= 15 is 0 Å². The number of amides is 1. The number of carbonyl (C=O) groups excluding carboxylic acids is 1. The van der Waals surface area contributed by atoms with Crippen LogP contribution in [0.25, 0.3) is 0 Å². The van der Waals surface area contributed by atoms with Gasteiger partial charge in [0.05, 0.1) is 12.1 Å². The zero-order chi connectivity index (χ0) is 14.5. The van der Waals surface area contributed by atoms with E-state index in [0.717, 1.165) is 12.0 Å². The second-order valence-corrected chi connectivity index (χ2v) is 4.89. The number of rotatable bonds is 5. The molecule has 5 heteroatoms. The van der Waals surface area contributed by atoms with Gasteiger partial charge in [0.1, 0.15) is 12.0 Å². The second kappa shape index (κ2) is 6.23. The Balaban J connectivity index is 1.92. The molecule has 0 saturated heterocycles. The SMILES string of the molecule is CC(Cc1ccc(O)cc1)N(C)C(=O)Cc1ccon1. The molecule has 1 heterocycles. The Morgan fingerprint density at radius 1 is 1.35 bits per heavy atom. The highest BCUT2D eigenvalue weighted by Crippen LogP contribution is 2.13. The first-order valence-electron chi connectivity index (χ1n) is 6.49. The molecule has 1 atom stereocenters. The minimum atomic E-state index is 0.00479. The molecule has 0 saturated carbocycles. The smallest absolute Gasteiger partial charge is 0.228 e. The van der Waals surface area contributed by atoms with Crippen LogP contribution in [0.3, 0.4) is 0 Å². The van der Waals surface area contributed by atoms with E-state index in [1.165, 1.54) is 6.26 Å². The first kappa shape index (κ1) is 14.1. The monoisotopic (exact) mass is 274 g/mol. The minimum absolute atomic E-state index is 0.00479. The predicted molar refractivity (Wildman–Crippen MR) is 74.2 cm³/mol. The maximum Gasteiger partial charge on any atom is 0.228 e. The summed E-state index contributed by atoms with van der Waals surface area (Å²) in [5.41, 5.74) is 1.72. The molecule has 0 aliphatic carbocycles. The predicted octanol–water partition coefficient (Wildman–Crippen LogP) is 2.01. The fourth-order valence-corrected chi connectivity index (χ4v) is 1.96. The average Bonchev–Trinajstić information content (AvgIpc) is 2.93. The first-order valence-corrected chi connectivity index (χ1v) is 6.49. The van der Waals surface area contributed by atoms with E-state index < -0.39 is 0 Å². The number of likely N-dealkylation sites (N-methyl/N-ethyl adjacent to an activating group) is 1. The Morgan fingerprint density at radius 3 is 2.65 bits per heavy atom. The van der Waals surface area contributed by atoms with E-state index in [2.05, 4.69) is 5.16 Å². The largest absolute Gasteiger partial charge is 0.508 e. The standard InChI is InChI=1S/C15H18N2O3/c1-11(9-12-3-5-14(18)6-4-12)17(2)15(19)10-13-7-8-20-16-13/h3-8,11,18H,9-10H2,1-2H3. The van der Waals surface area contributed by atoms with Crippen molar-refractivity contribution < 1.29 is 14.4 Å². The molecule has 1 unspecified atom stereocenters. The fraction of sp³-hybridized carbons (Fsp3) is 0.333. The number of phenolic OH excluding ortho intramolecular Hbond substituents is 1. The van der Waals surface area contributed by atoms with E-state index in [-0.39, 0.29) is 24.1 Å². The molecule has 2 rings (SSSR count). The van der Waals surface area contributed by atoms with Crippen LogP contribution in [0.5, 0.6) is 5.75 Å². The summed E-state index contributed by atoms with van der Waals surface area (Å²) in [6, 6.07) is 8.79. The maximum atomic E-state index is 12.1. The van der Waals surface area contributed by atoms with Crippen molar-refractivity contribution in [1.82, 2.24) is 10.1 Å². The van der Waals surface area contributed by atoms with E-state index in [0.29, 0.717) is 5.69 Å². The summed E-state index contributed by atoms with van der Waals surface area (Å²) in [4.78, 5) is 13.8. The number of phenols is 1. The average molecular weight is 274 g/mol. The quantitative estimate of drug-likeness (QED) is 0.905.